The molecule has 1 fully saturated rings. The van der Waals surface area contributed by atoms with Gasteiger partial charge in [0.25, 0.3) is 0 Å². The van der Waals surface area contributed by atoms with Gasteiger partial charge >= 0.3 is 0 Å². The van der Waals surface area contributed by atoms with Gasteiger partial charge in [0, 0.05) is 22.7 Å². The molecule has 0 saturated heterocycles. The maximum Gasteiger partial charge on any atom is 0.0458 e. The monoisotopic (exact) mass is 324 g/mol. The molecule has 1 aromatic rings. The van der Waals surface area contributed by atoms with Gasteiger partial charge in [-0.05, 0) is 72.3 Å². The number of hydrogen-bond donors (Lipinski definition) is 1. The van der Waals surface area contributed by atoms with Crippen molar-refractivity contribution in [3.8, 4) is 0 Å². The number of halogens is 1. The van der Waals surface area contributed by atoms with Crippen molar-refractivity contribution in [2.75, 3.05) is 12.8 Å². The molecule has 0 spiro atoms. The van der Waals surface area contributed by atoms with Crippen LogP contribution in [0.2, 0.25) is 0 Å². The summed E-state index contributed by atoms with van der Waals surface area (Å²) in [7, 11) is 2.25. The van der Waals surface area contributed by atoms with E-state index < -0.39 is 0 Å². The van der Waals surface area contributed by atoms with E-state index in [9.17, 15) is 0 Å². The summed E-state index contributed by atoms with van der Waals surface area (Å²) < 4.78 is 1.01. The molecule has 0 atom stereocenters. The van der Waals surface area contributed by atoms with E-state index in [4.69, 9.17) is 5.73 Å². The Morgan fingerprint density at radius 3 is 2.53 bits per heavy atom. The van der Waals surface area contributed by atoms with Crippen LogP contribution in [-0.4, -0.2) is 18.0 Å². The normalized spacial score (nSPS) is 23.8. The lowest BCUT2D eigenvalue weighted by Crippen LogP contribution is -2.34. The number of benzene rings is 1. The quantitative estimate of drug-likeness (QED) is 0.830. The van der Waals surface area contributed by atoms with Crippen LogP contribution in [0.15, 0.2) is 22.7 Å². The minimum absolute atomic E-state index is 0.749. The van der Waals surface area contributed by atoms with E-state index in [-0.39, 0.29) is 0 Å². The average Bonchev–Trinajstić information content (AvgIpc) is 2.43. The Kier molecular flexibility index (Phi) is 5.28. The van der Waals surface area contributed by atoms with Gasteiger partial charge in [0.15, 0.2) is 0 Å². The Morgan fingerprint density at radius 2 is 1.95 bits per heavy atom. The standard InChI is InChI=1S/C16H25BrN2/c1-3-12-4-7-14(8-5-12)19(2)11-13-6-9-16(18)15(17)10-13/h6,9-10,12,14H,3-5,7-8,11,18H2,1-2H3. The highest BCUT2D eigenvalue weighted by Gasteiger charge is 2.22. The zero-order valence-electron chi connectivity index (χ0n) is 12.0. The van der Waals surface area contributed by atoms with Gasteiger partial charge in [-0.1, -0.05) is 19.4 Å². The van der Waals surface area contributed by atoms with Gasteiger partial charge < -0.3 is 5.73 Å². The van der Waals surface area contributed by atoms with Crippen LogP contribution in [0.5, 0.6) is 0 Å². The topological polar surface area (TPSA) is 29.3 Å². The Labute approximate surface area is 125 Å². The van der Waals surface area contributed by atoms with Crippen molar-refractivity contribution >= 4 is 21.6 Å². The lowest BCUT2D eigenvalue weighted by atomic mass is 9.84. The molecule has 0 aliphatic heterocycles. The second-order valence-corrected chi connectivity index (χ2v) is 6.71. The molecule has 1 aliphatic rings. The maximum atomic E-state index is 5.83. The van der Waals surface area contributed by atoms with Crippen molar-refractivity contribution in [1.82, 2.24) is 4.90 Å². The maximum absolute atomic E-state index is 5.83. The minimum atomic E-state index is 0.749. The fourth-order valence-electron chi connectivity index (χ4n) is 3.08. The first-order valence-electron chi connectivity index (χ1n) is 7.34. The van der Waals surface area contributed by atoms with Crippen molar-refractivity contribution in [3.05, 3.63) is 28.2 Å². The highest BCUT2D eigenvalue weighted by atomic mass is 79.9. The second-order valence-electron chi connectivity index (χ2n) is 5.85. The Morgan fingerprint density at radius 1 is 1.26 bits per heavy atom. The average molecular weight is 325 g/mol. The molecule has 0 radical (unpaired) electrons. The molecule has 3 heteroatoms. The number of anilines is 1. The molecule has 2 N–H and O–H groups in total. The first kappa shape index (κ1) is 14.9. The van der Waals surface area contributed by atoms with Gasteiger partial charge in [-0.15, -0.1) is 0 Å². The highest BCUT2D eigenvalue weighted by molar-refractivity contribution is 9.10. The fraction of sp³-hybridized carbons (Fsp3) is 0.625. The van der Waals surface area contributed by atoms with Crippen LogP contribution >= 0.6 is 15.9 Å². The van der Waals surface area contributed by atoms with Gasteiger partial charge in [0.1, 0.15) is 0 Å². The SMILES string of the molecule is CCC1CCC(N(C)Cc2ccc(N)c(Br)c2)CC1. The molecule has 2 nitrogen and oxygen atoms in total. The fourth-order valence-corrected chi connectivity index (χ4v) is 3.51. The van der Waals surface area contributed by atoms with Crippen molar-refractivity contribution < 1.29 is 0 Å². The molecule has 1 aromatic carbocycles. The Hall–Kier alpha value is -0.540. The Bertz CT molecular complexity index is 411. The van der Waals surface area contributed by atoms with Crippen LogP contribution in [0, 0.1) is 5.92 Å². The van der Waals surface area contributed by atoms with Gasteiger partial charge in [-0.2, -0.15) is 0 Å². The smallest absolute Gasteiger partial charge is 0.0458 e. The van der Waals surface area contributed by atoms with Gasteiger partial charge in [0.05, 0.1) is 0 Å². The molecular weight excluding hydrogens is 300 g/mol. The van der Waals surface area contributed by atoms with Gasteiger partial charge in [0.2, 0.25) is 0 Å². The molecular formula is C16H25BrN2. The van der Waals surface area contributed by atoms with E-state index in [1.165, 1.54) is 37.7 Å². The zero-order valence-corrected chi connectivity index (χ0v) is 13.6. The molecule has 0 amide bonds. The summed E-state index contributed by atoms with van der Waals surface area (Å²) in [5.41, 5.74) is 7.98. The van der Waals surface area contributed by atoms with Crippen LogP contribution in [0.25, 0.3) is 0 Å². The summed E-state index contributed by atoms with van der Waals surface area (Å²) in [6, 6.07) is 7.01. The summed E-state index contributed by atoms with van der Waals surface area (Å²) in [5.74, 6) is 0.968. The molecule has 2 rings (SSSR count). The third-order valence-electron chi connectivity index (χ3n) is 4.51. The van der Waals surface area contributed by atoms with E-state index in [0.29, 0.717) is 0 Å². The largest absolute Gasteiger partial charge is 0.398 e. The number of nitrogens with zero attached hydrogens (tertiary/aromatic N) is 1. The van der Waals surface area contributed by atoms with E-state index in [2.05, 4.69) is 46.9 Å². The summed E-state index contributed by atoms with van der Waals surface area (Å²) in [5, 5.41) is 0. The van der Waals surface area contributed by atoms with Crippen molar-refractivity contribution in [2.45, 2.75) is 51.6 Å². The van der Waals surface area contributed by atoms with E-state index >= 15 is 0 Å². The predicted octanol–water partition coefficient (Wildman–Crippen LogP) is 4.43. The summed E-state index contributed by atoms with van der Waals surface area (Å²) in [6.45, 7) is 3.33. The first-order chi connectivity index (χ1) is 9.10. The van der Waals surface area contributed by atoms with Crippen LogP contribution < -0.4 is 5.73 Å². The highest BCUT2D eigenvalue weighted by Crippen LogP contribution is 2.30. The molecule has 106 valence electrons. The van der Waals surface area contributed by atoms with Crippen molar-refractivity contribution in [3.63, 3.8) is 0 Å². The van der Waals surface area contributed by atoms with Crippen LogP contribution in [0.1, 0.15) is 44.6 Å². The van der Waals surface area contributed by atoms with Crippen molar-refractivity contribution in [2.24, 2.45) is 5.92 Å². The van der Waals surface area contributed by atoms with E-state index in [1.54, 1.807) is 0 Å². The molecule has 1 aliphatic carbocycles. The minimum Gasteiger partial charge on any atom is -0.398 e. The van der Waals surface area contributed by atoms with E-state index in [0.717, 1.165) is 28.7 Å². The molecule has 0 unspecified atom stereocenters. The molecule has 0 aromatic heterocycles. The van der Waals surface area contributed by atoms with E-state index in [1.807, 2.05) is 6.07 Å². The lowest BCUT2D eigenvalue weighted by Gasteiger charge is -2.34. The predicted molar refractivity (Wildman–Crippen MR) is 86.1 cm³/mol. The molecule has 19 heavy (non-hydrogen) atoms. The number of hydrogen-bond acceptors (Lipinski definition) is 2. The van der Waals surface area contributed by atoms with Crippen LogP contribution in [0.4, 0.5) is 5.69 Å². The number of rotatable bonds is 4. The third kappa shape index (κ3) is 3.96. The number of nitrogen functional groups attached to an aromatic ring is 1. The molecule has 0 heterocycles. The molecule has 1 saturated carbocycles. The van der Waals surface area contributed by atoms with Gasteiger partial charge in [-0.3, -0.25) is 4.90 Å². The van der Waals surface area contributed by atoms with Gasteiger partial charge in [-0.25, -0.2) is 0 Å². The molecule has 0 bridgehead atoms. The van der Waals surface area contributed by atoms with Crippen LogP contribution in [-0.2, 0) is 6.54 Å². The summed E-state index contributed by atoms with van der Waals surface area (Å²) in [6.07, 6.45) is 6.85. The summed E-state index contributed by atoms with van der Waals surface area (Å²) in [4.78, 5) is 2.50. The van der Waals surface area contributed by atoms with Crippen LogP contribution in [0.3, 0.4) is 0 Å². The number of nitrogens with two attached hydrogens (primary N) is 1. The zero-order chi connectivity index (χ0) is 13.8. The third-order valence-corrected chi connectivity index (χ3v) is 5.20. The Balaban J connectivity index is 1.90. The first-order valence-corrected chi connectivity index (χ1v) is 8.13. The summed E-state index contributed by atoms with van der Waals surface area (Å²) >= 11 is 3.51. The second kappa shape index (κ2) is 6.76. The van der Waals surface area contributed by atoms with Crippen molar-refractivity contribution in [1.29, 1.82) is 0 Å². The lowest BCUT2D eigenvalue weighted by molar-refractivity contribution is 0.157.